The Morgan fingerprint density at radius 1 is 1.16 bits per heavy atom. The number of aromatic nitrogens is 1. The Hall–Kier alpha value is -3.41. The number of thioether (sulfide) groups is 1. The quantitative estimate of drug-likeness (QED) is 0.0803. The van der Waals surface area contributed by atoms with Gasteiger partial charge in [0.1, 0.15) is 36.0 Å². The molecule has 0 aromatic carbocycles. The summed E-state index contributed by atoms with van der Waals surface area (Å²) in [5, 5.41) is 10.1. The average molecular weight is 661 g/mol. The smallest absolute Gasteiger partial charge is 0.511 e. The summed E-state index contributed by atoms with van der Waals surface area (Å²) in [6.45, 7) is 3.00. The molecule has 1 unspecified atom stereocenters. The molecule has 1 saturated heterocycles. The van der Waals surface area contributed by atoms with Gasteiger partial charge in [0.2, 0.25) is 6.29 Å². The number of carbonyl (C=O) groups excluding carboxylic acids is 5. The van der Waals surface area contributed by atoms with Gasteiger partial charge in [-0.1, -0.05) is 11.6 Å². The predicted octanol–water partition coefficient (Wildman–Crippen LogP) is -2.27. The number of ether oxygens (including phenoxy) is 3. The van der Waals surface area contributed by atoms with Crippen LogP contribution in [0.4, 0.5) is 9.93 Å². The van der Waals surface area contributed by atoms with Crippen molar-refractivity contribution >= 4 is 63.8 Å². The monoisotopic (exact) mass is 660 g/mol. The summed E-state index contributed by atoms with van der Waals surface area (Å²) in [4.78, 5) is 73.2. The van der Waals surface area contributed by atoms with Gasteiger partial charge in [-0.15, -0.1) is 23.1 Å². The summed E-state index contributed by atoms with van der Waals surface area (Å²) >= 11 is 2.41. The van der Waals surface area contributed by atoms with Crippen molar-refractivity contribution in [3.8, 4) is 0 Å². The molecule has 0 radical (unpaired) electrons. The molecule has 3 amide bonds. The fourth-order valence-electron chi connectivity index (χ4n) is 4.42. The zero-order chi connectivity index (χ0) is 30.4. The summed E-state index contributed by atoms with van der Waals surface area (Å²) in [6, 6.07) is -1.48. The lowest BCUT2D eigenvalue weighted by Gasteiger charge is -2.48. The first-order chi connectivity index (χ1) is 20.1. The van der Waals surface area contributed by atoms with Gasteiger partial charge in [0.05, 0.1) is 0 Å². The van der Waals surface area contributed by atoms with Crippen LogP contribution in [0.15, 0.2) is 22.3 Å². The lowest BCUT2D eigenvalue weighted by molar-refractivity contribution is -0.396. The number of esters is 1. The maximum Gasteiger partial charge on any atom is 0.511 e. The van der Waals surface area contributed by atoms with Crippen LogP contribution in [-0.4, -0.2) is 88.2 Å². The minimum absolute atomic E-state index is 0. The van der Waals surface area contributed by atoms with E-state index in [0.29, 0.717) is 5.75 Å². The molecule has 0 spiro atoms. The number of nitrogens with one attached hydrogen (secondary N) is 2. The summed E-state index contributed by atoms with van der Waals surface area (Å²) in [5.74, 6) is -2.11. The summed E-state index contributed by atoms with van der Waals surface area (Å²) in [6.07, 6.45) is 3.74. The Morgan fingerprint density at radius 3 is 2.56 bits per heavy atom. The van der Waals surface area contributed by atoms with E-state index in [1.165, 1.54) is 42.2 Å². The fraction of sp³-hybridized carbons (Fsp3) is 0.560. The lowest BCUT2D eigenvalue weighted by Crippen LogP contribution is -3.00. The van der Waals surface area contributed by atoms with Gasteiger partial charge in [0.25, 0.3) is 17.7 Å². The SMILES string of the molecule is CO/N=C(\C(=O)N[C@@H]1C(=O)N2C(C(=O)OC(C)OC(=O)OC3CCCCC3)=CCS[C@H]12)c1csc(NC(=O)[C@H](C)[NH3+])n1.[Cl-]. The molecule has 18 heteroatoms. The number of halogens is 1. The van der Waals surface area contributed by atoms with E-state index in [4.69, 9.17) is 19.0 Å². The number of β-lactam (4-membered cyclic amide) rings is 1. The molecule has 4 atom stereocenters. The van der Waals surface area contributed by atoms with Crippen LogP contribution >= 0.6 is 23.1 Å². The molecular weight excluding hydrogens is 628 g/mol. The summed E-state index contributed by atoms with van der Waals surface area (Å²) in [7, 11) is 1.25. The second-order valence-electron chi connectivity index (χ2n) is 9.74. The molecule has 43 heavy (non-hydrogen) atoms. The molecular formula is C25H33ClN6O9S2. The molecule has 236 valence electrons. The number of carbonyl (C=O) groups is 5. The average Bonchev–Trinajstić information content (AvgIpc) is 3.41. The zero-order valence-corrected chi connectivity index (χ0v) is 26.1. The maximum absolute atomic E-state index is 13.1. The van der Waals surface area contributed by atoms with Crippen molar-refractivity contribution in [3.63, 3.8) is 0 Å². The molecule has 5 N–H and O–H groups in total. The highest BCUT2D eigenvalue weighted by atomic mass is 35.5. The Balaban J connectivity index is 0.00000506. The highest BCUT2D eigenvalue weighted by Gasteiger charge is 2.53. The van der Waals surface area contributed by atoms with Crippen LogP contribution < -0.4 is 28.8 Å². The predicted molar refractivity (Wildman–Crippen MR) is 150 cm³/mol. The number of anilines is 1. The van der Waals surface area contributed by atoms with E-state index >= 15 is 0 Å². The Morgan fingerprint density at radius 2 is 1.88 bits per heavy atom. The first kappa shape index (κ1) is 34.1. The van der Waals surface area contributed by atoms with E-state index in [0.717, 1.165) is 43.4 Å². The molecule has 1 aromatic rings. The topological polar surface area (TPSA) is 202 Å². The Labute approximate surface area is 261 Å². The molecule has 2 fully saturated rings. The molecule has 1 aromatic heterocycles. The molecule has 1 saturated carbocycles. The number of nitrogens with zero attached hydrogens (tertiary/aromatic N) is 3. The first-order valence-electron chi connectivity index (χ1n) is 13.3. The van der Waals surface area contributed by atoms with Crippen molar-refractivity contribution in [1.29, 1.82) is 0 Å². The van der Waals surface area contributed by atoms with Gasteiger partial charge in [-0.25, -0.2) is 14.6 Å². The lowest BCUT2D eigenvalue weighted by atomic mass is 9.98. The van der Waals surface area contributed by atoms with Crippen molar-refractivity contribution in [1.82, 2.24) is 15.2 Å². The van der Waals surface area contributed by atoms with E-state index in [1.807, 2.05) is 0 Å². The van der Waals surface area contributed by atoms with Crippen molar-refractivity contribution in [3.05, 3.63) is 22.8 Å². The van der Waals surface area contributed by atoms with E-state index in [-0.39, 0.29) is 46.7 Å². The van der Waals surface area contributed by atoms with Crippen LogP contribution in [0.5, 0.6) is 0 Å². The number of fused-ring (bicyclic) bond motifs is 1. The summed E-state index contributed by atoms with van der Waals surface area (Å²) in [5.41, 5.74) is 3.55. The van der Waals surface area contributed by atoms with Crippen molar-refractivity contribution < 1.29 is 61.2 Å². The number of hydrogen-bond acceptors (Lipinski definition) is 13. The van der Waals surface area contributed by atoms with E-state index in [2.05, 4.69) is 26.5 Å². The van der Waals surface area contributed by atoms with Crippen LogP contribution in [-0.2, 0) is 38.2 Å². The van der Waals surface area contributed by atoms with Gasteiger partial charge < -0.3 is 42.5 Å². The number of oxime groups is 1. The third kappa shape index (κ3) is 8.36. The van der Waals surface area contributed by atoms with Crippen LogP contribution in [0.1, 0.15) is 51.6 Å². The van der Waals surface area contributed by atoms with Crippen molar-refractivity contribution in [2.75, 3.05) is 18.2 Å². The summed E-state index contributed by atoms with van der Waals surface area (Å²) < 4.78 is 15.6. The van der Waals surface area contributed by atoms with Crippen molar-refractivity contribution in [2.45, 2.75) is 75.8 Å². The molecule has 2 aliphatic heterocycles. The van der Waals surface area contributed by atoms with E-state index < -0.39 is 47.7 Å². The number of amides is 3. The third-order valence-corrected chi connectivity index (χ3v) is 8.46. The first-order valence-corrected chi connectivity index (χ1v) is 15.3. The molecule has 3 aliphatic rings. The standard InChI is InChI=1S/C25H32N6O9S2.ClH/c1-12(26)19(32)29-24-27-15(11-42-24)17(30-37-3)20(33)28-18-21(34)31-16(9-10-41-22(18)31)23(35)38-13(2)39-25(36)40-14-7-5-4-6-8-14;/h9,11-14,18,22H,4-8,10,26H2,1-3H3,(H,28,33)(H,27,29,32);1H/b30-17-;/t12-,13?,18+,22+;/m0./s1. The zero-order valence-electron chi connectivity index (χ0n) is 23.7. The Kier molecular flexibility index (Phi) is 12.2. The molecule has 15 nitrogen and oxygen atoms in total. The second-order valence-corrected chi connectivity index (χ2v) is 11.7. The largest absolute Gasteiger partial charge is 1.00 e. The van der Waals surface area contributed by atoms with Gasteiger partial charge in [-0.05, 0) is 38.7 Å². The normalized spacial score (nSPS) is 21.5. The molecule has 0 bridgehead atoms. The number of thiazole rings is 1. The maximum atomic E-state index is 13.1. The van der Waals surface area contributed by atoms with Gasteiger partial charge in [0, 0.05) is 18.1 Å². The van der Waals surface area contributed by atoms with Gasteiger partial charge in [-0.3, -0.25) is 24.6 Å². The van der Waals surface area contributed by atoms with Crippen LogP contribution in [0.3, 0.4) is 0 Å². The van der Waals surface area contributed by atoms with Crippen molar-refractivity contribution in [2.24, 2.45) is 5.16 Å². The highest BCUT2D eigenvalue weighted by molar-refractivity contribution is 8.00. The highest BCUT2D eigenvalue weighted by Crippen LogP contribution is 2.38. The van der Waals surface area contributed by atoms with E-state index in [1.54, 1.807) is 6.92 Å². The van der Waals surface area contributed by atoms with Crippen LogP contribution in [0.25, 0.3) is 0 Å². The van der Waals surface area contributed by atoms with Gasteiger partial charge in [-0.2, -0.15) is 0 Å². The number of quaternary nitrogens is 1. The van der Waals surface area contributed by atoms with Gasteiger partial charge in [0.15, 0.2) is 16.9 Å². The second kappa shape index (κ2) is 15.4. The molecule has 4 rings (SSSR count). The minimum Gasteiger partial charge on any atom is -1.00 e. The molecule has 3 heterocycles. The minimum atomic E-state index is -1.24. The van der Waals surface area contributed by atoms with Crippen LogP contribution in [0.2, 0.25) is 0 Å². The number of hydrogen-bond donors (Lipinski definition) is 3. The van der Waals surface area contributed by atoms with Crippen LogP contribution in [0, 0.1) is 0 Å². The number of rotatable bonds is 10. The third-order valence-electron chi connectivity index (χ3n) is 6.51. The van der Waals surface area contributed by atoms with E-state index in [9.17, 15) is 24.0 Å². The fourth-order valence-corrected chi connectivity index (χ4v) is 6.31. The van der Waals surface area contributed by atoms with Gasteiger partial charge >= 0.3 is 12.1 Å². The Bertz CT molecular complexity index is 1280. The molecule has 1 aliphatic carbocycles.